The molecule has 2 aliphatic rings. The molecular formula is C23H34O2. The number of benzene rings is 1. The summed E-state index contributed by atoms with van der Waals surface area (Å²) >= 11 is 0. The molecule has 0 spiro atoms. The number of hydrogen-bond acceptors (Lipinski definition) is 2. The maximum absolute atomic E-state index is 5.71. The highest BCUT2D eigenvalue weighted by Gasteiger charge is 2.22. The molecule has 2 atom stereocenters. The zero-order valence-corrected chi connectivity index (χ0v) is 16.0. The summed E-state index contributed by atoms with van der Waals surface area (Å²) in [6, 6.07) is 9.41. The van der Waals surface area contributed by atoms with E-state index in [1.165, 1.54) is 50.5 Å². The van der Waals surface area contributed by atoms with Crippen molar-refractivity contribution in [3.8, 4) is 0 Å². The molecule has 0 amide bonds. The van der Waals surface area contributed by atoms with Gasteiger partial charge in [-0.2, -0.15) is 0 Å². The molecule has 2 nitrogen and oxygen atoms in total. The smallest absolute Gasteiger partial charge is 0.157 e. The lowest BCUT2D eigenvalue weighted by Crippen LogP contribution is -2.26. The zero-order chi connectivity index (χ0) is 17.5. The van der Waals surface area contributed by atoms with Crippen molar-refractivity contribution >= 4 is 0 Å². The summed E-state index contributed by atoms with van der Waals surface area (Å²) in [4.78, 5) is 0. The van der Waals surface area contributed by atoms with Crippen molar-refractivity contribution in [3.05, 3.63) is 47.5 Å². The third-order valence-corrected chi connectivity index (χ3v) is 5.95. The van der Waals surface area contributed by atoms with Crippen molar-refractivity contribution in [2.45, 2.75) is 70.5 Å². The van der Waals surface area contributed by atoms with Gasteiger partial charge in [0.25, 0.3) is 0 Å². The van der Waals surface area contributed by atoms with Crippen molar-refractivity contribution in [2.75, 3.05) is 13.7 Å². The van der Waals surface area contributed by atoms with Crippen LogP contribution >= 0.6 is 0 Å². The van der Waals surface area contributed by atoms with Crippen LogP contribution in [0.4, 0.5) is 0 Å². The number of allylic oxidation sites excluding steroid dienone is 1. The van der Waals surface area contributed by atoms with Crippen LogP contribution in [-0.2, 0) is 15.9 Å². The fourth-order valence-electron chi connectivity index (χ4n) is 4.29. The summed E-state index contributed by atoms with van der Waals surface area (Å²) in [6.45, 7) is 3.06. The molecule has 1 aliphatic carbocycles. The minimum Gasteiger partial charge on any atom is -0.356 e. The van der Waals surface area contributed by atoms with Gasteiger partial charge in [-0.1, -0.05) is 49.8 Å². The molecule has 0 bridgehead atoms. The van der Waals surface area contributed by atoms with E-state index in [2.05, 4.69) is 43.3 Å². The molecule has 25 heavy (non-hydrogen) atoms. The van der Waals surface area contributed by atoms with Crippen LogP contribution < -0.4 is 0 Å². The molecule has 1 aliphatic heterocycles. The molecule has 3 rings (SSSR count). The summed E-state index contributed by atoms with van der Waals surface area (Å²) < 4.78 is 11.0. The number of aryl methyl sites for hydroxylation is 1. The fourth-order valence-corrected chi connectivity index (χ4v) is 4.29. The molecule has 1 saturated carbocycles. The quantitative estimate of drug-likeness (QED) is 0.602. The van der Waals surface area contributed by atoms with E-state index in [4.69, 9.17) is 9.47 Å². The summed E-state index contributed by atoms with van der Waals surface area (Å²) in [5.74, 6) is 2.10. The van der Waals surface area contributed by atoms with Gasteiger partial charge in [-0.05, 0) is 67.9 Å². The normalized spacial score (nSPS) is 30.6. The van der Waals surface area contributed by atoms with E-state index in [9.17, 15) is 0 Å². The SMILES string of the molecule is CCCc1ccc(C2CCC(C=CC3CCC(OC)OC3)CC2)cc1. The van der Waals surface area contributed by atoms with E-state index < -0.39 is 0 Å². The summed E-state index contributed by atoms with van der Waals surface area (Å²) in [6.07, 6.45) is 14.9. The Bertz CT molecular complexity index is 518. The van der Waals surface area contributed by atoms with Crippen LogP contribution in [-0.4, -0.2) is 20.0 Å². The first kappa shape index (κ1) is 18.7. The molecule has 1 aromatic carbocycles. The van der Waals surface area contributed by atoms with Crippen LogP contribution in [0.3, 0.4) is 0 Å². The van der Waals surface area contributed by atoms with Crippen molar-refractivity contribution in [2.24, 2.45) is 11.8 Å². The highest BCUT2D eigenvalue weighted by Crippen LogP contribution is 2.36. The number of rotatable bonds is 6. The Morgan fingerprint density at radius 1 is 0.960 bits per heavy atom. The second-order valence-corrected chi connectivity index (χ2v) is 7.82. The molecule has 2 unspecified atom stereocenters. The predicted octanol–water partition coefficient (Wildman–Crippen LogP) is 5.87. The van der Waals surface area contributed by atoms with Gasteiger partial charge in [-0.25, -0.2) is 0 Å². The van der Waals surface area contributed by atoms with Crippen molar-refractivity contribution in [3.63, 3.8) is 0 Å². The van der Waals surface area contributed by atoms with Gasteiger partial charge in [0, 0.05) is 13.0 Å². The average molecular weight is 343 g/mol. The van der Waals surface area contributed by atoms with Gasteiger partial charge < -0.3 is 9.47 Å². The molecule has 1 heterocycles. The molecule has 138 valence electrons. The van der Waals surface area contributed by atoms with E-state index >= 15 is 0 Å². The Balaban J connectivity index is 1.43. The summed E-state index contributed by atoms with van der Waals surface area (Å²) in [5, 5.41) is 0. The largest absolute Gasteiger partial charge is 0.356 e. The van der Waals surface area contributed by atoms with Gasteiger partial charge in [-0.15, -0.1) is 0 Å². The highest BCUT2D eigenvalue weighted by molar-refractivity contribution is 5.26. The maximum Gasteiger partial charge on any atom is 0.157 e. The number of methoxy groups -OCH3 is 1. The monoisotopic (exact) mass is 342 g/mol. The second-order valence-electron chi connectivity index (χ2n) is 7.82. The van der Waals surface area contributed by atoms with Crippen LogP contribution in [0.1, 0.15) is 68.9 Å². The van der Waals surface area contributed by atoms with E-state index in [0.29, 0.717) is 5.92 Å². The lowest BCUT2D eigenvalue weighted by molar-refractivity contribution is -0.154. The van der Waals surface area contributed by atoms with E-state index in [-0.39, 0.29) is 6.29 Å². The Morgan fingerprint density at radius 2 is 1.64 bits per heavy atom. The Labute approximate surface area is 153 Å². The van der Waals surface area contributed by atoms with Crippen LogP contribution in [0.2, 0.25) is 0 Å². The Kier molecular flexibility index (Phi) is 7.12. The average Bonchev–Trinajstić information content (AvgIpc) is 2.68. The van der Waals surface area contributed by atoms with Crippen LogP contribution in [0.15, 0.2) is 36.4 Å². The van der Waals surface area contributed by atoms with E-state index in [1.807, 2.05) is 0 Å². The molecule has 2 heteroatoms. The Morgan fingerprint density at radius 3 is 2.24 bits per heavy atom. The zero-order valence-electron chi connectivity index (χ0n) is 16.0. The first-order valence-electron chi connectivity index (χ1n) is 10.2. The van der Waals surface area contributed by atoms with Gasteiger partial charge in [0.1, 0.15) is 0 Å². The van der Waals surface area contributed by atoms with Gasteiger partial charge in [0.2, 0.25) is 0 Å². The third kappa shape index (κ3) is 5.43. The maximum atomic E-state index is 5.71. The van der Waals surface area contributed by atoms with Gasteiger partial charge in [0.05, 0.1) is 6.61 Å². The molecule has 2 fully saturated rings. The molecule has 1 aromatic rings. The van der Waals surface area contributed by atoms with Gasteiger partial charge >= 0.3 is 0 Å². The predicted molar refractivity (Wildman–Crippen MR) is 104 cm³/mol. The minimum atomic E-state index is 0.0174. The van der Waals surface area contributed by atoms with Gasteiger partial charge in [-0.3, -0.25) is 0 Å². The third-order valence-electron chi connectivity index (χ3n) is 5.95. The first-order valence-corrected chi connectivity index (χ1v) is 10.2. The van der Waals surface area contributed by atoms with Crippen LogP contribution in [0, 0.1) is 11.8 Å². The first-order chi connectivity index (χ1) is 12.3. The van der Waals surface area contributed by atoms with Crippen molar-refractivity contribution in [1.29, 1.82) is 0 Å². The lowest BCUT2D eigenvalue weighted by atomic mass is 9.78. The number of ether oxygens (including phenoxy) is 2. The Hall–Kier alpha value is -1.12. The van der Waals surface area contributed by atoms with Crippen molar-refractivity contribution in [1.82, 2.24) is 0 Å². The fraction of sp³-hybridized carbons (Fsp3) is 0.652. The minimum absolute atomic E-state index is 0.0174. The molecule has 0 radical (unpaired) electrons. The van der Waals surface area contributed by atoms with Crippen molar-refractivity contribution < 1.29 is 9.47 Å². The molecule has 0 aromatic heterocycles. The highest BCUT2D eigenvalue weighted by atomic mass is 16.7. The summed E-state index contributed by atoms with van der Waals surface area (Å²) in [5.41, 5.74) is 3.03. The van der Waals surface area contributed by atoms with Gasteiger partial charge in [0.15, 0.2) is 6.29 Å². The molecule has 0 N–H and O–H groups in total. The second kappa shape index (κ2) is 9.54. The van der Waals surface area contributed by atoms with Crippen LogP contribution in [0.25, 0.3) is 0 Å². The number of hydrogen-bond donors (Lipinski definition) is 0. The lowest BCUT2D eigenvalue weighted by Gasteiger charge is -2.29. The summed E-state index contributed by atoms with van der Waals surface area (Å²) in [7, 11) is 1.73. The van der Waals surface area contributed by atoms with E-state index in [1.54, 1.807) is 12.7 Å². The van der Waals surface area contributed by atoms with E-state index in [0.717, 1.165) is 24.9 Å². The molecule has 1 saturated heterocycles. The standard InChI is InChI=1S/C23H34O2/c1-3-4-18-7-12-21(13-8-18)22-14-9-19(10-15-22)5-6-20-11-16-23(24-2)25-17-20/h5-8,12-13,19-20,22-23H,3-4,9-11,14-17H2,1-2H3. The topological polar surface area (TPSA) is 18.5 Å². The molecular weight excluding hydrogens is 308 g/mol. The van der Waals surface area contributed by atoms with Crippen LogP contribution in [0.5, 0.6) is 0 Å².